The van der Waals surface area contributed by atoms with Gasteiger partial charge in [-0.25, -0.2) is 4.39 Å². The van der Waals surface area contributed by atoms with Gasteiger partial charge in [-0.2, -0.15) is 0 Å². The van der Waals surface area contributed by atoms with Crippen LogP contribution in [0.25, 0.3) is 0 Å². The van der Waals surface area contributed by atoms with Crippen LogP contribution >= 0.6 is 23.8 Å². The molecule has 0 radical (unpaired) electrons. The van der Waals surface area contributed by atoms with Crippen LogP contribution in [0, 0.1) is 5.82 Å². The Balaban J connectivity index is 2.03. The number of anilines is 2. The fraction of sp³-hybridized carbons (Fsp3) is 0. The Labute approximate surface area is 115 Å². The van der Waals surface area contributed by atoms with Gasteiger partial charge in [-0.3, -0.25) is 0 Å². The number of nitrogens with one attached hydrogen (secondary N) is 2. The monoisotopic (exact) mass is 280 g/mol. The molecule has 92 valence electrons. The molecule has 2 aromatic rings. The molecule has 18 heavy (non-hydrogen) atoms. The quantitative estimate of drug-likeness (QED) is 0.803. The van der Waals surface area contributed by atoms with E-state index in [2.05, 4.69) is 10.6 Å². The Bertz CT molecular complexity index is 540. The van der Waals surface area contributed by atoms with E-state index in [1.54, 1.807) is 6.07 Å². The zero-order valence-electron chi connectivity index (χ0n) is 9.28. The van der Waals surface area contributed by atoms with Crippen molar-refractivity contribution in [2.45, 2.75) is 0 Å². The maximum Gasteiger partial charge on any atom is 0.175 e. The minimum atomic E-state index is -0.410. The van der Waals surface area contributed by atoms with Gasteiger partial charge < -0.3 is 10.6 Å². The first kappa shape index (κ1) is 12.8. The molecular formula is C13H10ClFN2S. The number of halogens is 2. The van der Waals surface area contributed by atoms with Gasteiger partial charge in [0.25, 0.3) is 0 Å². The molecule has 2 N–H and O–H groups in total. The van der Waals surface area contributed by atoms with Crippen LogP contribution < -0.4 is 10.6 Å². The number of rotatable bonds is 2. The maximum absolute atomic E-state index is 13.1. The van der Waals surface area contributed by atoms with E-state index in [0.717, 1.165) is 5.69 Å². The predicted molar refractivity (Wildman–Crippen MR) is 77.7 cm³/mol. The topological polar surface area (TPSA) is 24.1 Å². The van der Waals surface area contributed by atoms with Crippen molar-refractivity contribution < 1.29 is 4.39 Å². The molecular weight excluding hydrogens is 271 g/mol. The van der Waals surface area contributed by atoms with Gasteiger partial charge in [0.05, 0.1) is 0 Å². The van der Waals surface area contributed by atoms with Crippen molar-refractivity contribution in [3.05, 3.63) is 59.4 Å². The van der Waals surface area contributed by atoms with E-state index in [4.69, 9.17) is 23.8 Å². The molecule has 0 aliphatic carbocycles. The third-order valence-corrected chi connectivity index (χ3v) is 2.57. The van der Waals surface area contributed by atoms with Gasteiger partial charge in [0.2, 0.25) is 0 Å². The van der Waals surface area contributed by atoms with Gasteiger partial charge in [-0.15, -0.1) is 0 Å². The fourth-order valence-corrected chi connectivity index (χ4v) is 1.90. The van der Waals surface area contributed by atoms with E-state index < -0.39 is 5.82 Å². The molecule has 0 saturated heterocycles. The van der Waals surface area contributed by atoms with Crippen LogP contribution in [-0.4, -0.2) is 5.11 Å². The summed E-state index contributed by atoms with van der Waals surface area (Å²) in [4.78, 5) is 0. The number of hydrogen-bond donors (Lipinski definition) is 2. The average molecular weight is 281 g/mol. The van der Waals surface area contributed by atoms with E-state index in [0.29, 0.717) is 15.8 Å². The largest absolute Gasteiger partial charge is 0.332 e. The third-order valence-electron chi connectivity index (χ3n) is 2.15. The molecule has 5 heteroatoms. The Hall–Kier alpha value is -1.65. The van der Waals surface area contributed by atoms with Gasteiger partial charge in [0, 0.05) is 16.4 Å². The molecule has 0 atom stereocenters. The lowest BCUT2D eigenvalue weighted by molar-refractivity contribution is 0.628. The summed E-state index contributed by atoms with van der Waals surface area (Å²) in [6, 6.07) is 13.6. The molecule has 0 aliphatic rings. The lowest BCUT2D eigenvalue weighted by Crippen LogP contribution is -2.19. The Morgan fingerprint density at radius 1 is 1.00 bits per heavy atom. The highest BCUT2D eigenvalue weighted by Crippen LogP contribution is 2.18. The highest BCUT2D eigenvalue weighted by molar-refractivity contribution is 7.80. The summed E-state index contributed by atoms with van der Waals surface area (Å²) in [6.07, 6.45) is 0. The summed E-state index contributed by atoms with van der Waals surface area (Å²) in [5, 5.41) is 6.55. The fourth-order valence-electron chi connectivity index (χ4n) is 1.44. The minimum absolute atomic E-state index is 0.319. The molecule has 0 bridgehead atoms. The molecule has 2 rings (SSSR count). The summed E-state index contributed by atoms with van der Waals surface area (Å²) in [7, 11) is 0. The highest BCUT2D eigenvalue weighted by atomic mass is 35.5. The van der Waals surface area contributed by atoms with Gasteiger partial charge in [-0.05, 0) is 42.5 Å². The van der Waals surface area contributed by atoms with Gasteiger partial charge in [-0.1, -0.05) is 29.8 Å². The van der Waals surface area contributed by atoms with Crippen molar-refractivity contribution >= 4 is 40.3 Å². The molecule has 0 fully saturated rings. The first-order valence-corrected chi connectivity index (χ1v) is 6.01. The molecule has 0 saturated carbocycles. The summed E-state index contributed by atoms with van der Waals surface area (Å²) < 4.78 is 13.1. The molecule has 0 unspecified atom stereocenters. The van der Waals surface area contributed by atoms with Crippen molar-refractivity contribution in [2.75, 3.05) is 10.6 Å². The lowest BCUT2D eigenvalue weighted by Gasteiger charge is -2.10. The maximum atomic E-state index is 13.1. The van der Waals surface area contributed by atoms with Gasteiger partial charge in [0.15, 0.2) is 5.11 Å². The minimum Gasteiger partial charge on any atom is -0.332 e. The van der Waals surface area contributed by atoms with Crippen LogP contribution in [0.2, 0.25) is 5.02 Å². The Morgan fingerprint density at radius 2 is 1.67 bits per heavy atom. The number of hydrogen-bond acceptors (Lipinski definition) is 1. The zero-order chi connectivity index (χ0) is 13.0. The normalized spacial score (nSPS) is 9.89. The lowest BCUT2D eigenvalue weighted by atomic mass is 10.3. The highest BCUT2D eigenvalue weighted by Gasteiger charge is 2.02. The summed E-state index contributed by atoms with van der Waals surface area (Å²) in [6.45, 7) is 0. The second-order valence-electron chi connectivity index (χ2n) is 3.60. The van der Waals surface area contributed by atoms with Crippen molar-refractivity contribution in [2.24, 2.45) is 0 Å². The molecule has 0 aliphatic heterocycles. The molecule has 0 aromatic heterocycles. The first-order valence-electron chi connectivity index (χ1n) is 5.22. The van der Waals surface area contributed by atoms with Crippen LogP contribution in [0.15, 0.2) is 48.5 Å². The Morgan fingerprint density at radius 3 is 2.33 bits per heavy atom. The van der Waals surface area contributed by atoms with Crippen molar-refractivity contribution in [3.8, 4) is 0 Å². The van der Waals surface area contributed by atoms with Crippen molar-refractivity contribution in [1.82, 2.24) is 0 Å². The average Bonchev–Trinajstić information content (AvgIpc) is 2.28. The van der Waals surface area contributed by atoms with Crippen LogP contribution in [0.3, 0.4) is 0 Å². The molecule has 0 spiro atoms. The molecule has 2 nitrogen and oxygen atoms in total. The van der Waals surface area contributed by atoms with E-state index in [-0.39, 0.29) is 0 Å². The van der Waals surface area contributed by atoms with Crippen LogP contribution in [0.1, 0.15) is 0 Å². The van der Waals surface area contributed by atoms with Crippen molar-refractivity contribution in [1.29, 1.82) is 0 Å². The first-order chi connectivity index (χ1) is 8.63. The van der Waals surface area contributed by atoms with Gasteiger partial charge >= 0.3 is 0 Å². The number of benzene rings is 2. The number of thiocarbonyl (C=S) groups is 1. The second kappa shape index (κ2) is 5.80. The summed E-state index contributed by atoms with van der Waals surface area (Å²) in [5.41, 5.74) is 1.37. The third kappa shape index (κ3) is 3.68. The zero-order valence-corrected chi connectivity index (χ0v) is 10.9. The van der Waals surface area contributed by atoms with Crippen LogP contribution in [0.4, 0.5) is 15.8 Å². The van der Waals surface area contributed by atoms with E-state index in [1.807, 2.05) is 30.3 Å². The molecule has 2 aromatic carbocycles. The standard InChI is InChI=1S/C13H10ClFN2S/c14-9-6-10(15)8-12(7-9)17-13(18)16-11-4-2-1-3-5-11/h1-8H,(H2,16,17,18). The molecule has 0 heterocycles. The van der Waals surface area contributed by atoms with E-state index >= 15 is 0 Å². The summed E-state index contributed by atoms with van der Waals surface area (Å²) >= 11 is 10.9. The van der Waals surface area contributed by atoms with Crippen molar-refractivity contribution in [3.63, 3.8) is 0 Å². The van der Waals surface area contributed by atoms with Crippen LogP contribution in [0.5, 0.6) is 0 Å². The molecule has 0 amide bonds. The Kier molecular flexibility index (Phi) is 4.12. The van der Waals surface area contributed by atoms with Crippen LogP contribution in [-0.2, 0) is 0 Å². The van der Waals surface area contributed by atoms with Gasteiger partial charge in [0.1, 0.15) is 5.82 Å². The number of para-hydroxylation sites is 1. The predicted octanol–water partition coefficient (Wildman–Crippen LogP) is 4.29. The van der Waals surface area contributed by atoms with E-state index in [1.165, 1.54) is 12.1 Å². The van der Waals surface area contributed by atoms with E-state index in [9.17, 15) is 4.39 Å². The second-order valence-corrected chi connectivity index (χ2v) is 4.45. The smallest absolute Gasteiger partial charge is 0.175 e. The summed E-state index contributed by atoms with van der Waals surface area (Å²) in [5.74, 6) is -0.410. The SMILES string of the molecule is Fc1cc(Cl)cc(NC(=S)Nc2ccccc2)c1.